The van der Waals surface area contributed by atoms with E-state index >= 15 is 28.8 Å². The summed E-state index contributed by atoms with van der Waals surface area (Å²) in [6.07, 6.45) is 3.61. The highest BCUT2D eigenvalue weighted by molar-refractivity contribution is 8.00. The number of alkyl carbamates (subject to hydrolysis) is 1. The van der Waals surface area contributed by atoms with Gasteiger partial charge in [0.05, 0.1) is 47.2 Å². The minimum absolute atomic E-state index is 0.0634. The second-order valence-electron chi connectivity index (χ2n) is 38.7. The maximum absolute atomic E-state index is 16.0. The summed E-state index contributed by atoms with van der Waals surface area (Å²) in [7, 11) is 0. The van der Waals surface area contributed by atoms with Crippen molar-refractivity contribution in [2.24, 2.45) is 17.8 Å². The lowest BCUT2D eigenvalue weighted by Gasteiger charge is -2.37. The van der Waals surface area contributed by atoms with Crippen LogP contribution in [0.1, 0.15) is 198 Å². The predicted molar refractivity (Wildman–Crippen MR) is 538 cm³/mol. The molecule has 140 heavy (non-hydrogen) atoms. The van der Waals surface area contributed by atoms with E-state index in [1.807, 2.05) is 256 Å². The van der Waals surface area contributed by atoms with Crippen molar-refractivity contribution in [3.8, 4) is 11.1 Å². The smallest absolute Gasteiger partial charge is 0.407 e. The van der Waals surface area contributed by atoms with Crippen LogP contribution in [0.25, 0.3) is 11.1 Å². The molecule has 1 aromatic heterocycles. The summed E-state index contributed by atoms with van der Waals surface area (Å²) in [6.45, 7) is 23.3. The molecule has 2 saturated heterocycles. The lowest BCUT2D eigenvalue weighted by molar-refractivity contribution is -0.149. The Kier molecular flexibility index (Phi) is 36.2. The first-order valence-electron chi connectivity index (χ1n) is 48.7. The number of aromatic nitrogens is 2. The van der Waals surface area contributed by atoms with Crippen LogP contribution in [0.3, 0.4) is 0 Å². The number of amides is 11. The maximum Gasteiger partial charge on any atom is 0.407 e. The molecule has 0 unspecified atom stereocenters. The Morgan fingerprint density at radius 2 is 0.907 bits per heavy atom. The van der Waals surface area contributed by atoms with Gasteiger partial charge in [-0.1, -0.05) is 291 Å². The molecule has 0 spiro atoms. The number of fused-ring (bicyclic) bond motifs is 3. The quantitative estimate of drug-likeness (QED) is 0.0159. The van der Waals surface area contributed by atoms with Gasteiger partial charge >= 0.3 is 12.1 Å². The number of nitrogens with one attached hydrogen (secondary N) is 9. The van der Waals surface area contributed by atoms with Gasteiger partial charge in [0, 0.05) is 37.4 Å². The van der Waals surface area contributed by atoms with Gasteiger partial charge in [-0.05, 0) is 154 Å². The number of carbonyl (C=O) groups excluding carboxylic acids is 11. The van der Waals surface area contributed by atoms with Gasteiger partial charge < -0.3 is 81.5 Å². The summed E-state index contributed by atoms with van der Waals surface area (Å²) < 4.78 is 19.7. The Balaban J connectivity index is 0.812. The van der Waals surface area contributed by atoms with E-state index in [4.69, 9.17) is 19.2 Å². The first-order valence-corrected chi connectivity index (χ1v) is 49.7. The molecular weight excluding hydrogens is 1790 g/mol. The Morgan fingerprint density at radius 3 is 1.41 bits per heavy atom. The number of aliphatic carboxylic acids is 1. The van der Waals surface area contributed by atoms with Gasteiger partial charge in [-0.2, -0.15) is 0 Å². The number of thioether (sulfide) groups is 1. The average molecular weight is 1930 g/mol. The maximum atomic E-state index is 16.0. The fraction of sp³-hybridized carbons (Fsp3) is 0.427. The number of ether oxygens (including phenoxy) is 3. The van der Waals surface area contributed by atoms with E-state index in [1.165, 1.54) is 28.5 Å². The van der Waals surface area contributed by atoms with Gasteiger partial charge in [0.2, 0.25) is 59.1 Å². The van der Waals surface area contributed by atoms with E-state index in [1.54, 1.807) is 81.8 Å². The minimum atomic E-state index is -1.66. The van der Waals surface area contributed by atoms with E-state index in [0.717, 1.165) is 55.6 Å². The van der Waals surface area contributed by atoms with Crippen LogP contribution < -0.4 is 47.9 Å². The number of nitrogens with zero attached hydrogens (tertiary/aromatic N) is 4. The van der Waals surface area contributed by atoms with Gasteiger partial charge in [0.1, 0.15) is 72.6 Å². The summed E-state index contributed by atoms with van der Waals surface area (Å²) in [6, 6.07) is 61.3. The van der Waals surface area contributed by atoms with Gasteiger partial charge in [0.25, 0.3) is 0 Å². The molecule has 3 heterocycles. The summed E-state index contributed by atoms with van der Waals surface area (Å²) >= 11 is 1.41. The number of carbonyl (C=O) groups is 12. The first-order chi connectivity index (χ1) is 67.0. The molecule has 2 fully saturated rings. The van der Waals surface area contributed by atoms with Crippen molar-refractivity contribution in [2.45, 2.75) is 242 Å². The van der Waals surface area contributed by atoms with Crippen molar-refractivity contribution < 1.29 is 76.9 Å². The van der Waals surface area contributed by atoms with Gasteiger partial charge in [-0.15, -0.1) is 11.8 Å². The highest BCUT2D eigenvalue weighted by atomic mass is 32.2. The number of carboxylic acids is 1. The van der Waals surface area contributed by atoms with Gasteiger partial charge in [-0.25, -0.2) is 14.6 Å². The lowest BCUT2D eigenvalue weighted by atomic mass is 9.77. The van der Waals surface area contributed by atoms with Crippen molar-refractivity contribution >= 4 is 82.9 Å². The van der Waals surface area contributed by atoms with Crippen LogP contribution in [-0.2, 0) is 83.7 Å². The zero-order valence-corrected chi connectivity index (χ0v) is 83.2. The molecular formula is C110H135N13O16S. The van der Waals surface area contributed by atoms with Crippen LogP contribution in [0, 0.1) is 17.8 Å². The van der Waals surface area contributed by atoms with E-state index in [2.05, 4.69) is 47.9 Å². The molecule has 742 valence electrons. The van der Waals surface area contributed by atoms with Crippen LogP contribution in [0.5, 0.6) is 0 Å². The molecule has 1 aliphatic carbocycles. The Morgan fingerprint density at radius 1 is 0.457 bits per heavy atom. The normalized spacial score (nSPS) is 16.9. The van der Waals surface area contributed by atoms with Crippen molar-refractivity contribution in [2.75, 3.05) is 38.6 Å². The molecule has 9 aromatic rings. The summed E-state index contributed by atoms with van der Waals surface area (Å²) in [5.41, 5.74) is 6.56. The third-order valence-corrected chi connectivity index (χ3v) is 28.3. The Hall–Kier alpha value is -13.3. The van der Waals surface area contributed by atoms with Crippen LogP contribution in [0.15, 0.2) is 243 Å². The molecule has 10 N–H and O–H groups in total. The standard InChI is InChI=1S/C110H135N13O16S/c1-15-69(4)92(117-91(124)63-111-97(126)88(116-106(136)137-65-85-83-56-38-36-54-81(83)82-55-37-39-57-84(82)85)67-140-110(77-48-30-21-31-49-77,78-50-32-22-33-51-78)79-52-34-23-35-53-79)101(130)114-86(62-80-64-121(68-112-80)109(74-42-24-18-25-43-74,75-44-26-19-27-45-75)76-46-28-20-29-47-76)98(127)120-95(73(8)139-108(12,13)14)102(131)113-72(7)96(125)115-87(66-138-107(9,10)11)99(128)118-93(70(5)16-2)104(133)123-61-41-59-90(123)103(132)122-60-40-58-89(122)100(129)119-94(105(134)135)71(6)17-3/h18-39,42-57,64,68-73,85-90,92-95H,15-17,40-41,58-63,65-67H2,1-14H3,(H,111,126)(H,113,131)(H,114,130)(H,115,125)(H,116,136)(H,117,124)(H,118,128)(H,119,129)(H,120,127)(H,134,135)/t69-,70-,71-,72-,73+,86-,87-,88-,89-,90-,92-,93-,94-,95-/m0/s1. The zero-order valence-electron chi connectivity index (χ0n) is 82.4. The van der Waals surface area contributed by atoms with E-state index in [9.17, 15) is 33.9 Å². The molecule has 12 rings (SSSR count). The number of carboxylic acid groups (broad SMARTS) is 1. The zero-order chi connectivity index (χ0) is 101. The molecule has 0 saturated carbocycles. The number of benzene rings is 8. The van der Waals surface area contributed by atoms with E-state index < -0.39 is 190 Å². The van der Waals surface area contributed by atoms with Crippen LogP contribution >= 0.6 is 11.8 Å². The number of imidazole rings is 1. The highest BCUT2D eigenvalue weighted by Gasteiger charge is 2.48. The predicted octanol–water partition coefficient (Wildman–Crippen LogP) is 12.7. The molecule has 3 aliphatic rings. The average Bonchev–Trinajstić information content (AvgIpc) is 1.31. The first kappa shape index (κ1) is 106. The van der Waals surface area contributed by atoms with E-state index in [-0.39, 0.29) is 56.3 Å². The van der Waals surface area contributed by atoms with E-state index in [0.29, 0.717) is 32.1 Å². The Labute approximate surface area is 825 Å². The van der Waals surface area contributed by atoms with Crippen molar-refractivity contribution in [1.29, 1.82) is 0 Å². The fourth-order valence-corrected chi connectivity index (χ4v) is 20.3. The monoisotopic (exact) mass is 1930 g/mol. The van der Waals surface area contributed by atoms with Crippen LogP contribution in [0.4, 0.5) is 4.79 Å². The molecule has 14 atom stereocenters. The molecule has 0 bridgehead atoms. The highest BCUT2D eigenvalue weighted by Crippen LogP contribution is 2.50. The van der Waals surface area contributed by atoms with Crippen molar-refractivity contribution in [3.05, 3.63) is 293 Å². The molecule has 11 amide bonds. The van der Waals surface area contributed by atoms with Crippen molar-refractivity contribution in [1.82, 2.24) is 67.2 Å². The third-order valence-electron chi connectivity index (χ3n) is 26.7. The van der Waals surface area contributed by atoms with Gasteiger partial charge in [0.15, 0.2) is 0 Å². The topological polar surface area (TPSA) is 385 Å². The fourth-order valence-electron chi connectivity index (χ4n) is 18.8. The summed E-state index contributed by atoms with van der Waals surface area (Å²) in [5.74, 6) is -10.8. The lowest BCUT2D eigenvalue weighted by Crippen LogP contribution is -2.63. The largest absolute Gasteiger partial charge is 0.480 e. The van der Waals surface area contributed by atoms with Crippen LogP contribution in [-0.4, -0.2) is 212 Å². The third kappa shape index (κ3) is 25.7. The second-order valence-corrected chi connectivity index (χ2v) is 39.9. The number of hydrogen-bond donors (Lipinski definition) is 10. The minimum Gasteiger partial charge on any atom is -0.480 e. The molecule has 2 aliphatic heterocycles. The van der Waals surface area contributed by atoms with Crippen LogP contribution in [0.2, 0.25) is 0 Å². The number of rotatable bonds is 44. The SMILES string of the molecule is CC[C@H](C)[C@H](NC(=O)[C@@H]1CCCN1C(=O)[C@@H]1CCCN1C(=O)[C@@H](NC(=O)[C@H](COC(C)(C)C)NC(=O)[C@H](C)NC(=O)[C@@H](NC(=O)[C@H](Cc1cn(C(c2ccccc2)(c2ccccc2)c2ccccc2)cn1)NC(=O)[C@@H](NC(=O)CNC(=O)[C@H](CSC(c1ccccc1)(c1ccccc1)c1ccccc1)NC(=O)OCC1c2ccccc2-c2ccccc21)[C@@H](C)CC)[C@@H](C)OC(C)(C)C)[C@@H](C)CC)C(=O)O. The Bertz CT molecular complexity index is 5510. The van der Waals surface area contributed by atoms with Crippen molar-refractivity contribution in [3.63, 3.8) is 0 Å². The second kappa shape index (κ2) is 48.0. The molecule has 29 nitrogen and oxygen atoms in total. The number of likely N-dealkylation sites (tertiary alicyclic amines) is 2. The van der Waals surface area contributed by atoms with Gasteiger partial charge in [-0.3, -0.25) is 47.9 Å². The number of hydrogen-bond acceptors (Lipinski definition) is 17. The summed E-state index contributed by atoms with van der Waals surface area (Å²) in [4.78, 5) is 186. The molecule has 30 heteroatoms. The summed E-state index contributed by atoms with van der Waals surface area (Å²) in [5, 5.41) is 35.4. The molecule has 0 radical (unpaired) electrons. The molecule has 8 aromatic carbocycles.